The molecule has 1 heterocycles. The first-order chi connectivity index (χ1) is 8.06. The van der Waals surface area contributed by atoms with Crippen LogP contribution in [0.3, 0.4) is 0 Å². The number of H-pyrrole nitrogens is 1. The standard InChI is InChI=1S/C11H10FN3O2/c1-6(16)4-10(17)13-11-8-5-7(12)2-3-9(8)14-15-11/h2-3,5H,4H2,1H3,(H2,13,14,15,17). The number of aromatic amines is 1. The molecule has 2 rings (SSSR count). The number of carbonyl (C=O) groups excluding carboxylic acids is 2. The lowest BCUT2D eigenvalue weighted by Crippen LogP contribution is -2.15. The van der Waals surface area contributed by atoms with E-state index in [0.29, 0.717) is 10.9 Å². The van der Waals surface area contributed by atoms with Gasteiger partial charge in [-0.1, -0.05) is 0 Å². The van der Waals surface area contributed by atoms with E-state index in [0.717, 1.165) is 0 Å². The molecule has 0 unspecified atom stereocenters. The molecule has 6 heteroatoms. The summed E-state index contributed by atoms with van der Waals surface area (Å²) in [4.78, 5) is 22.1. The molecule has 1 aromatic carbocycles. The number of carbonyl (C=O) groups is 2. The number of aromatic nitrogens is 2. The van der Waals surface area contributed by atoms with Gasteiger partial charge in [0.1, 0.15) is 11.6 Å². The summed E-state index contributed by atoms with van der Waals surface area (Å²) in [7, 11) is 0. The molecule has 0 fully saturated rings. The Morgan fingerprint density at radius 2 is 2.24 bits per heavy atom. The zero-order chi connectivity index (χ0) is 12.4. The van der Waals surface area contributed by atoms with Gasteiger partial charge in [-0.15, -0.1) is 0 Å². The van der Waals surface area contributed by atoms with Gasteiger partial charge in [-0.05, 0) is 25.1 Å². The Hall–Kier alpha value is -2.24. The maximum Gasteiger partial charge on any atom is 0.233 e. The van der Waals surface area contributed by atoms with Crippen molar-refractivity contribution in [2.24, 2.45) is 0 Å². The summed E-state index contributed by atoms with van der Waals surface area (Å²) in [6, 6.07) is 4.09. The lowest BCUT2D eigenvalue weighted by atomic mass is 10.2. The van der Waals surface area contributed by atoms with Crippen LogP contribution in [0.25, 0.3) is 10.9 Å². The fourth-order valence-electron chi connectivity index (χ4n) is 1.48. The van der Waals surface area contributed by atoms with E-state index in [1.807, 2.05) is 0 Å². The van der Waals surface area contributed by atoms with Crippen LogP contribution in [0.5, 0.6) is 0 Å². The third kappa shape index (κ3) is 2.47. The number of amides is 1. The summed E-state index contributed by atoms with van der Waals surface area (Å²) >= 11 is 0. The van der Waals surface area contributed by atoms with Gasteiger partial charge in [0.25, 0.3) is 0 Å². The molecule has 17 heavy (non-hydrogen) atoms. The van der Waals surface area contributed by atoms with Gasteiger partial charge < -0.3 is 5.32 Å². The maximum absolute atomic E-state index is 13.0. The van der Waals surface area contributed by atoms with Gasteiger partial charge in [-0.2, -0.15) is 5.10 Å². The first-order valence-corrected chi connectivity index (χ1v) is 4.99. The predicted molar refractivity (Wildman–Crippen MR) is 60.0 cm³/mol. The van der Waals surface area contributed by atoms with Gasteiger partial charge in [-0.3, -0.25) is 14.7 Å². The number of ketones is 1. The van der Waals surface area contributed by atoms with Gasteiger partial charge in [0.2, 0.25) is 5.91 Å². The molecule has 0 saturated carbocycles. The van der Waals surface area contributed by atoms with Crippen molar-refractivity contribution < 1.29 is 14.0 Å². The molecule has 0 bridgehead atoms. The van der Waals surface area contributed by atoms with Crippen LogP contribution in [0.15, 0.2) is 18.2 Å². The molecule has 0 aliphatic carbocycles. The fraction of sp³-hybridized carbons (Fsp3) is 0.182. The number of nitrogens with one attached hydrogen (secondary N) is 2. The summed E-state index contributed by atoms with van der Waals surface area (Å²) < 4.78 is 13.0. The quantitative estimate of drug-likeness (QED) is 0.794. The van der Waals surface area contributed by atoms with E-state index in [1.165, 1.54) is 25.1 Å². The molecule has 1 aromatic heterocycles. The van der Waals surface area contributed by atoms with Gasteiger partial charge in [0.15, 0.2) is 5.82 Å². The van der Waals surface area contributed by atoms with Crippen molar-refractivity contribution in [3.05, 3.63) is 24.0 Å². The van der Waals surface area contributed by atoms with Crippen LogP contribution >= 0.6 is 0 Å². The highest BCUT2D eigenvalue weighted by Gasteiger charge is 2.11. The van der Waals surface area contributed by atoms with E-state index in [4.69, 9.17) is 0 Å². The molecule has 5 nitrogen and oxygen atoms in total. The summed E-state index contributed by atoms with van der Waals surface area (Å²) in [5.74, 6) is -0.893. The monoisotopic (exact) mass is 235 g/mol. The lowest BCUT2D eigenvalue weighted by Gasteiger charge is -2.00. The third-order valence-corrected chi connectivity index (χ3v) is 2.19. The van der Waals surface area contributed by atoms with Gasteiger partial charge in [0, 0.05) is 5.39 Å². The Kier molecular flexibility index (Phi) is 2.86. The van der Waals surface area contributed by atoms with Crippen LogP contribution < -0.4 is 5.32 Å². The molecular formula is C11H10FN3O2. The maximum atomic E-state index is 13.0. The normalized spacial score (nSPS) is 10.5. The highest BCUT2D eigenvalue weighted by atomic mass is 19.1. The summed E-state index contributed by atoms with van der Waals surface area (Å²) in [6.45, 7) is 1.32. The first kappa shape index (κ1) is 11.3. The van der Waals surface area contributed by atoms with E-state index in [9.17, 15) is 14.0 Å². The zero-order valence-electron chi connectivity index (χ0n) is 9.08. The first-order valence-electron chi connectivity index (χ1n) is 4.99. The van der Waals surface area contributed by atoms with Crippen molar-refractivity contribution in [1.29, 1.82) is 0 Å². The Morgan fingerprint density at radius 3 is 2.94 bits per heavy atom. The average molecular weight is 235 g/mol. The van der Waals surface area contributed by atoms with E-state index in [-0.39, 0.29) is 18.0 Å². The van der Waals surface area contributed by atoms with E-state index in [1.54, 1.807) is 0 Å². The SMILES string of the molecule is CC(=O)CC(=O)Nc1n[nH]c2ccc(F)cc12. The fourth-order valence-corrected chi connectivity index (χ4v) is 1.48. The second-order valence-electron chi connectivity index (χ2n) is 3.69. The van der Waals surface area contributed by atoms with Crippen LogP contribution in [0.4, 0.5) is 10.2 Å². The molecule has 0 atom stereocenters. The number of nitrogens with zero attached hydrogens (tertiary/aromatic N) is 1. The number of fused-ring (bicyclic) bond motifs is 1. The van der Waals surface area contributed by atoms with Gasteiger partial charge in [-0.25, -0.2) is 4.39 Å². The van der Waals surface area contributed by atoms with Crippen molar-refractivity contribution >= 4 is 28.4 Å². The minimum atomic E-state index is -0.463. The Balaban J connectivity index is 2.27. The van der Waals surface area contributed by atoms with Crippen molar-refractivity contribution in [3.8, 4) is 0 Å². The Bertz CT molecular complexity index is 591. The molecule has 2 aromatic rings. The largest absolute Gasteiger partial charge is 0.308 e. The number of Topliss-reactive ketones (excluding diaryl/α,β-unsaturated/α-hetero) is 1. The Morgan fingerprint density at radius 1 is 1.47 bits per heavy atom. The van der Waals surface area contributed by atoms with Crippen LogP contribution in [0.1, 0.15) is 13.3 Å². The van der Waals surface area contributed by atoms with E-state index in [2.05, 4.69) is 15.5 Å². The van der Waals surface area contributed by atoms with Crippen molar-refractivity contribution in [1.82, 2.24) is 10.2 Å². The number of halogens is 1. The molecule has 0 radical (unpaired) electrons. The summed E-state index contributed by atoms with van der Waals surface area (Å²) in [6.07, 6.45) is -0.219. The molecule has 0 aliphatic rings. The molecule has 1 amide bonds. The van der Waals surface area contributed by atoms with E-state index < -0.39 is 11.7 Å². The third-order valence-electron chi connectivity index (χ3n) is 2.19. The van der Waals surface area contributed by atoms with Crippen molar-refractivity contribution in [2.45, 2.75) is 13.3 Å². The van der Waals surface area contributed by atoms with Gasteiger partial charge >= 0.3 is 0 Å². The molecule has 0 spiro atoms. The lowest BCUT2D eigenvalue weighted by molar-refractivity contribution is -0.124. The molecule has 88 valence electrons. The predicted octanol–water partition coefficient (Wildman–Crippen LogP) is 1.62. The highest BCUT2D eigenvalue weighted by molar-refractivity contribution is 6.06. The molecule has 0 saturated heterocycles. The molecule has 2 N–H and O–H groups in total. The highest BCUT2D eigenvalue weighted by Crippen LogP contribution is 2.21. The minimum Gasteiger partial charge on any atom is -0.308 e. The molecular weight excluding hydrogens is 225 g/mol. The Labute approximate surface area is 96.0 Å². The van der Waals surface area contributed by atoms with Crippen LogP contribution in [-0.4, -0.2) is 21.9 Å². The van der Waals surface area contributed by atoms with E-state index >= 15 is 0 Å². The minimum absolute atomic E-state index is 0.219. The number of rotatable bonds is 3. The second-order valence-corrected chi connectivity index (χ2v) is 3.69. The van der Waals surface area contributed by atoms with Crippen LogP contribution in [0.2, 0.25) is 0 Å². The van der Waals surface area contributed by atoms with Crippen LogP contribution in [0, 0.1) is 5.82 Å². The second kappa shape index (κ2) is 4.32. The average Bonchev–Trinajstić information content (AvgIpc) is 2.60. The summed E-state index contributed by atoms with van der Waals surface area (Å²) in [5, 5.41) is 9.44. The number of hydrogen-bond acceptors (Lipinski definition) is 3. The number of anilines is 1. The topological polar surface area (TPSA) is 74.8 Å². The van der Waals surface area contributed by atoms with Crippen molar-refractivity contribution in [2.75, 3.05) is 5.32 Å². The molecule has 0 aliphatic heterocycles. The number of hydrogen-bond donors (Lipinski definition) is 2. The smallest absolute Gasteiger partial charge is 0.233 e. The summed E-state index contributed by atoms with van der Waals surface area (Å²) in [5.41, 5.74) is 0.615. The van der Waals surface area contributed by atoms with Crippen molar-refractivity contribution in [3.63, 3.8) is 0 Å². The van der Waals surface area contributed by atoms with Gasteiger partial charge in [0.05, 0.1) is 11.9 Å². The van der Waals surface area contributed by atoms with Crippen LogP contribution in [-0.2, 0) is 9.59 Å². The number of benzene rings is 1. The zero-order valence-corrected chi connectivity index (χ0v) is 9.08.